The van der Waals surface area contributed by atoms with Crippen LogP contribution < -0.4 is 11.1 Å². The topological polar surface area (TPSA) is 104 Å². The minimum Gasteiger partial charge on any atom is -0.443 e. The summed E-state index contributed by atoms with van der Waals surface area (Å²) in [7, 11) is 0. The van der Waals surface area contributed by atoms with Gasteiger partial charge in [0, 0.05) is 12.5 Å². The highest BCUT2D eigenvalue weighted by molar-refractivity contribution is 5.67. The van der Waals surface area contributed by atoms with Gasteiger partial charge in [0.05, 0.1) is 18.9 Å². The van der Waals surface area contributed by atoms with Gasteiger partial charge < -0.3 is 20.5 Å². The molecule has 1 aromatic carbocycles. The average molecular weight is 440 g/mol. The summed E-state index contributed by atoms with van der Waals surface area (Å²) in [5, 5.41) is 11.5. The molecule has 0 fully saturated rings. The largest absolute Gasteiger partial charge is 0.443 e. The molecule has 0 spiro atoms. The molecule has 1 unspecified atom stereocenters. The summed E-state index contributed by atoms with van der Waals surface area (Å²) >= 11 is 0. The molecule has 0 saturated carbocycles. The SMILES string of the molecule is CCCCC(COCc1ccccc1)c1nnc2cccc(COC(=O)NCCCN)n12. The Labute approximate surface area is 189 Å². The maximum Gasteiger partial charge on any atom is 0.407 e. The van der Waals surface area contributed by atoms with Gasteiger partial charge in [-0.05, 0) is 37.1 Å². The zero-order valence-electron chi connectivity index (χ0n) is 18.7. The number of nitrogens with two attached hydrogens (primary N) is 1. The normalized spacial score (nSPS) is 12.1. The predicted molar refractivity (Wildman–Crippen MR) is 123 cm³/mol. The number of benzene rings is 1. The second kappa shape index (κ2) is 12.8. The lowest BCUT2D eigenvalue weighted by atomic mass is 10.0. The van der Waals surface area contributed by atoms with Crippen molar-refractivity contribution in [1.82, 2.24) is 19.9 Å². The zero-order valence-corrected chi connectivity index (χ0v) is 18.7. The number of carbonyl (C=O) groups is 1. The van der Waals surface area contributed by atoms with Crippen LogP contribution in [0.2, 0.25) is 0 Å². The van der Waals surface area contributed by atoms with Crippen molar-refractivity contribution in [2.24, 2.45) is 5.73 Å². The van der Waals surface area contributed by atoms with Gasteiger partial charge in [-0.2, -0.15) is 0 Å². The van der Waals surface area contributed by atoms with E-state index in [-0.39, 0.29) is 12.5 Å². The van der Waals surface area contributed by atoms with E-state index in [1.54, 1.807) is 0 Å². The standard InChI is InChI=1S/C24H33N5O3/c1-2-3-11-20(17-31-16-19-9-5-4-6-10-19)23-28-27-22-13-7-12-21(29(22)23)18-32-24(30)26-15-8-14-25/h4-7,9-10,12-13,20H,2-3,8,11,14-18,25H2,1H3,(H,26,30). The molecule has 0 bridgehead atoms. The molecule has 1 amide bonds. The lowest BCUT2D eigenvalue weighted by Crippen LogP contribution is -2.27. The zero-order chi connectivity index (χ0) is 22.6. The number of pyridine rings is 1. The predicted octanol–water partition coefficient (Wildman–Crippen LogP) is 3.79. The molecule has 32 heavy (non-hydrogen) atoms. The Bertz CT molecular complexity index is 961. The molecule has 3 aromatic rings. The number of fused-ring (bicyclic) bond motifs is 1. The number of aromatic nitrogens is 3. The highest BCUT2D eigenvalue weighted by Crippen LogP contribution is 2.24. The third kappa shape index (κ3) is 6.77. The van der Waals surface area contributed by atoms with Crippen LogP contribution in [0.4, 0.5) is 4.79 Å². The van der Waals surface area contributed by atoms with E-state index in [0.717, 1.165) is 42.0 Å². The summed E-state index contributed by atoms with van der Waals surface area (Å²) < 4.78 is 13.5. The van der Waals surface area contributed by atoms with E-state index in [4.69, 9.17) is 15.2 Å². The molecule has 0 aliphatic rings. The number of nitrogens with one attached hydrogen (secondary N) is 1. The molecular formula is C24H33N5O3. The lowest BCUT2D eigenvalue weighted by molar-refractivity contribution is 0.101. The molecule has 2 aromatic heterocycles. The summed E-state index contributed by atoms with van der Waals surface area (Å²) in [4.78, 5) is 12.0. The Morgan fingerprint density at radius 1 is 1.09 bits per heavy atom. The molecule has 3 N–H and O–H groups in total. The van der Waals surface area contributed by atoms with Gasteiger partial charge in [0.25, 0.3) is 0 Å². The Balaban J connectivity index is 1.72. The van der Waals surface area contributed by atoms with Gasteiger partial charge in [-0.25, -0.2) is 4.79 Å². The number of amides is 1. The quantitative estimate of drug-likeness (QED) is 0.393. The van der Waals surface area contributed by atoms with Crippen LogP contribution in [0.25, 0.3) is 5.65 Å². The van der Waals surface area contributed by atoms with Crippen molar-refractivity contribution in [3.05, 3.63) is 65.6 Å². The molecule has 0 aliphatic carbocycles. The fourth-order valence-corrected chi connectivity index (χ4v) is 3.52. The molecular weight excluding hydrogens is 406 g/mol. The minimum absolute atomic E-state index is 0.0909. The third-order valence-electron chi connectivity index (χ3n) is 5.24. The van der Waals surface area contributed by atoms with Gasteiger partial charge in [0.15, 0.2) is 5.65 Å². The minimum atomic E-state index is -0.459. The molecule has 0 radical (unpaired) electrons. The first-order valence-electron chi connectivity index (χ1n) is 11.3. The molecule has 1 atom stereocenters. The molecule has 8 nitrogen and oxygen atoms in total. The van der Waals surface area contributed by atoms with Crippen LogP contribution in [0, 0.1) is 0 Å². The molecule has 8 heteroatoms. The van der Waals surface area contributed by atoms with Crippen molar-refractivity contribution in [3.63, 3.8) is 0 Å². The van der Waals surface area contributed by atoms with Gasteiger partial charge in [0.2, 0.25) is 0 Å². The van der Waals surface area contributed by atoms with Crippen LogP contribution in [-0.4, -0.2) is 40.4 Å². The Hall–Kier alpha value is -2.97. The van der Waals surface area contributed by atoms with E-state index in [9.17, 15) is 4.79 Å². The van der Waals surface area contributed by atoms with E-state index >= 15 is 0 Å². The van der Waals surface area contributed by atoms with Crippen LogP contribution >= 0.6 is 0 Å². The van der Waals surface area contributed by atoms with Gasteiger partial charge in [0.1, 0.15) is 12.4 Å². The molecule has 172 valence electrons. The number of hydrogen-bond acceptors (Lipinski definition) is 6. The van der Waals surface area contributed by atoms with Crippen molar-refractivity contribution < 1.29 is 14.3 Å². The number of nitrogens with zero attached hydrogens (tertiary/aromatic N) is 3. The van der Waals surface area contributed by atoms with E-state index in [1.165, 1.54) is 0 Å². The van der Waals surface area contributed by atoms with Gasteiger partial charge in [-0.15, -0.1) is 10.2 Å². The Morgan fingerprint density at radius 3 is 2.72 bits per heavy atom. The second-order valence-electron chi connectivity index (χ2n) is 7.75. The van der Waals surface area contributed by atoms with Crippen molar-refractivity contribution in [3.8, 4) is 0 Å². The van der Waals surface area contributed by atoms with Crippen LogP contribution in [0.3, 0.4) is 0 Å². The first-order chi connectivity index (χ1) is 15.7. The fourth-order valence-electron chi connectivity index (χ4n) is 3.52. The Morgan fingerprint density at radius 2 is 1.94 bits per heavy atom. The Kier molecular flexibility index (Phi) is 9.46. The maximum absolute atomic E-state index is 12.0. The van der Waals surface area contributed by atoms with Gasteiger partial charge in [-0.1, -0.05) is 56.2 Å². The van der Waals surface area contributed by atoms with E-state index in [0.29, 0.717) is 32.7 Å². The van der Waals surface area contributed by atoms with Crippen LogP contribution in [-0.2, 0) is 22.7 Å². The number of ether oxygens (including phenoxy) is 2. The summed E-state index contributed by atoms with van der Waals surface area (Å²) in [5.41, 5.74) is 8.15. The molecule has 3 rings (SSSR count). The first-order valence-corrected chi connectivity index (χ1v) is 11.3. The maximum atomic E-state index is 12.0. The summed E-state index contributed by atoms with van der Waals surface area (Å²) in [6.45, 7) is 4.42. The molecule has 0 aliphatic heterocycles. The summed E-state index contributed by atoms with van der Waals surface area (Å²) in [5.74, 6) is 0.928. The number of unbranched alkanes of at least 4 members (excludes halogenated alkanes) is 1. The fraction of sp³-hybridized carbons (Fsp3) is 0.458. The van der Waals surface area contributed by atoms with Gasteiger partial charge >= 0.3 is 6.09 Å². The van der Waals surface area contributed by atoms with Crippen molar-refractivity contribution in [2.75, 3.05) is 19.7 Å². The average Bonchev–Trinajstić information content (AvgIpc) is 3.25. The lowest BCUT2D eigenvalue weighted by Gasteiger charge is -2.17. The third-order valence-corrected chi connectivity index (χ3v) is 5.24. The van der Waals surface area contributed by atoms with Crippen LogP contribution in [0.5, 0.6) is 0 Å². The number of rotatable bonds is 13. The summed E-state index contributed by atoms with van der Waals surface area (Å²) in [6.07, 6.45) is 3.35. The van der Waals surface area contributed by atoms with Crippen LogP contribution in [0.1, 0.15) is 55.6 Å². The van der Waals surface area contributed by atoms with E-state index in [1.807, 2.05) is 40.8 Å². The first kappa shape index (κ1) is 23.7. The number of alkyl carbamates (subject to hydrolysis) is 1. The van der Waals surface area contributed by atoms with E-state index < -0.39 is 6.09 Å². The monoisotopic (exact) mass is 439 g/mol. The van der Waals surface area contributed by atoms with Crippen molar-refractivity contribution in [2.45, 2.75) is 51.7 Å². The molecule has 2 heterocycles. The van der Waals surface area contributed by atoms with Crippen molar-refractivity contribution in [1.29, 1.82) is 0 Å². The van der Waals surface area contributed by atoms with E-state index in [2.05, 4.69) is 34.6 Å². The highest BCUT2D eigenvalue weighted by Gasteiger charge is 2.20. The van der Waals surface area contributed by atoms with Gasteiger partial charge in [-0.3, -0.25) is 4.40 Å². The number of carbonyl (C=O) groups excluding carboxylic acids is 1. The molecule has 0 saturated heterocycles. The smallest absolute Gasteiger partial charge is 0.407 e. The summed E-state index contributed by atoms with van der Waals surface area (Å²) in [6, 6.07) is 15.9. The van der Waals surface area contributed by atoms with Crippen molar-refractivity contribution >= 4 is 11.7 Å². The highest BCUT2D eigenvalue weighted by atomic mass is 16.5. The van der Waals surface area contributed by atoms with Crippen LogP contribution in [0.15, 0.2) is 48.5 Å². The second-order valence-corrected chi connectivity index (χ2v) is 7.75. The number of hydrogen-bond donors (Lipinski definition) is 2.